The molecule has 2 N–H and O–H groups in total. The van der Waals surface area contributed by atoms with Crippen molar-refractivity contribution in [3.63, 3.8) is 0 Å². The molecule has 1 aromatic carbocycles. The highest BCUT2D eigenvalue weighted by Gasteiger charge is 2.46. The molecule has 1 aliphatic heterocycles. The first-order chi connectivity index (χ1) is 13.6. The van der Waals surface area contributed by atoms with Crippen LogP contribution in [0.3, 0.4) is 0 Å². The molecule has 1 saturated heterocycles. The standard InChI is InChI=1S/C23H30BNO4/c1-15-12-18-19(22(4,5)9-8-21(18,2)3)13-17(15)23(28-10-11-29-23)20-7-6-16(14-25-20)24(26)27/h6-7,12-14,26-27H,8-11H2,1-5H3. The molecule has 0 unspecified atom stereocenters. The molecule has 5 nitrogen and oxygen atoms in total. The van der Waals surface area contributed by atoms with E-state index in [1.165, 1.54) is 17.3 Å². The van der Waals surface area contributed by atoms with E-state index in [1.54, 1.807) is 12.1 Å². The van der Waals surface area contributed by atoms with E-state index in [-0.39, 0.29) is 10.8 Å². The zero-order valence-corrected chi connectivity index (χ0v) is 18.0. The molecule has 1 fully saturated rings. The largest absolute Gasteiger partial charge is 0.490 e. The molecule has 2 aromatic rings. The minimum atomic E-state index is -1.55. The Bertz CT molecular complexity index is 915. The number of fused-ring (bicyclic) bond motifs is 1. The number of rotatable bonds is 3. The van der Waals surface area contributed by atoms with Crippen LogP contribution in [0.25, 0.3) is 0 Å². The van der Waals surface area contributed by atoms with E-state index in [1.807, 2.05) is 0 Å². The fourth-order valence-corrected chi connectivity index (χ4v) is 4.68. The summed E-state index contributed by atoms with van der Waals surface area (Å²) < 4.78 is 12.4. The molecule has 0 atom stereocenters. The van der Waals surface area contributed by atoms with Crippen LogP contribution in [-0.4, -0.2) is 35.4 Å². The van der Waals surface area contributed by atoms with Gasteiger partial charge in [0.1, 0.15) is 5.69 Å². The van der Waals surface area contributed by atoms with E-state index in [9.17, 15) is 10.0 Å². The Hall–Kier alpha value is -1.73. The Kier molecular flexibility index (Phi) is 4.90. The van der Waals surface area contributed by atoms with E-state index < -0.39 is 12.9 Å². The van der Waals surface area contributed by atoms with Gasteiger partial charge >= 0.3 is 7.12 Å². The maximum absolute atomic E-state index is 9.40. The van der Waals surface area contributed by atoms with Gasteiger partial charge in [-0.05, 0) is 59.4 Å². The van der Waals surface area contributed by atoms with Crippen LogP contribution >= 0.6 is 0 Å². The molecule has 29 heavy (non-hydrogen) atoms. The van der Waals surface area contributed by atoms with Gasteiger partial charge in [-0.1, -0.05) is 39.8 Å². The number of aromatic nitrogens is 1. The first kappa shape index (κ1) is 20.5. The maximum atomic E-state index is 9.40. The second-order valence-electron chi connectivity index (χ2n) is 9.64. The van der Waals surface area contributed by atoms with Gasteiger partial charge in [0.15, 0.2) is 0 Å². The number of ether oxygens (including phenoxy) is 2. The summed E-state index contributed by atoms with van der Waals surface area (Å²) in [6.45, 7) is 12.3. The molecule has 4 rings (SSSR count). The van der Waals surface area contributed by atoms with E-state index in [4.69, 9.17) is 9.47 Å². The minimum absolute atomic E-state index is 0.0748. The highest BCUT2D eigenvalue weighted by atomic mass is 16.7. The number of nitrogens with zero attached hydrogens (tertiary/aromatic N) is 1. The van der Waals surface area contributed by atoms with E-state index >= 15 is 0 Å². The lowest BCUT2D eigenvalue weighted by atomic mass is 9.62. The molecule has 1 aliphatic carbocycles. The van der Waals surface area contributed by atoms with Crippen molar-refractivity contribution in [3.05, 3.63) is 58.4 Å². The van der Waals surface area contributed by atoms with Gasteiger partial charge in [-0.25, -0.2) is 0 Å². The van der Waals surface area contributed by atoms with Crippen LogP contribution in [0.5, 0.6) is 0 Å². The van der Waals surface area contributed by atoms with Gasteiger partial charge in [-0.2, -0.15) is 0 Å². The topological polar surface area (TPSA) is 71.8 Å². The molecule has 154 valence electrons. The second kappa shape index (κ2) is 6.91. The average Bonchev–Trinajstić information content (AvgIpc) is 3.16. The number of benzene rings is 1. The van der Waals surface area contributed by atoms with Gasteiger partial charge in [0.25, 0.3) is 0 Å². The van der Waals surface area contributed by atoms with Crippen LogP contribution < -0.4 is 5.46 Å². The third kappa shape index (κ3) is 3.32. The summed E-state index contributed by atoms with van der Waals surface area (Å²) in [4.78, 5) is 4.48. The van der Waals surface area contributed by atoms with Gasteiger partial charge < -0.3 is 19.5 Å². The van der Waals surface area contributed by atoms with E-state index in [0.29, 0.717) is 24.4 Å². The van der Waals surface area contributed by atoms with Crippen molar-refractivity contribution in [2.75, 3.05) is 13.2 Å². The zero-order chi connectivity index (χ0) is 21.0. The summed E-state index contributed by atoms with van der Waals surface area (Å²) in [6.07, 6.45) is 3.76. The quantitative estimate of drug-likeness (QED) is 0.782. The van der Waals surface area contributed by atoms with Crippen molar-refractivity contribution >= 4 is 12.6 Å². The van der Waals surface area contributed by atoms with Crippen molar-refractivity contribution < 1.29 is 19.5 Å². The summed E-state index contributed by atoms with van der Waals surface area (Å²) in [7, 11) is -1.55. The fourth-order valence-electron chi connectivity index (χ4n) is 4.68. The highest BCUT2D eigenvalue weighted by molar-refractivity contribution is 6.58. The van der Waals surface area contributed by atoms with Crippen molar-refractivity contribution in [2.45, 2.75) is 64.1 Å². The van der Waals surface area contributed by atoms with Crippen molar-refractivity contribution in [1.82, 2.24) is 4.98 Å². The highest BCUT2D eigenvalue weighted by Crippen LogP contribution is 2.49. The summed E-state index contributed by atoms with van der Waals surface area (Å²) in [5, 5.41) is 18.8. The van der Waals surface area contributed by atoms with Crippen LogP contribution in [0, 0.1) is 6.92 Å². The van der Waals surface area contributed by atoms with E-state index in [0.717, 1.165) is 24.0 Å². The molecule has 2 heterocycles. The molecule has 0 amide bonds. The summed E-state index contributed by atoms with van der Waals surface area (Å²) in [6, 6.07) is 7.96. The lowest BCUT2D eigenvalue weighted by molar-refractivity contribution is -0.133. The monoisotopic (exact) mass is 395 g/mol. The molecule has 0 bridgehead atoms. The van der Waals surface area contributed by atoms with Crippen molar-refractivity contribution in [2.24, 2.45) is 0 Å². The Morgan fingerprint density at radius 2 is 1.48 bits per heavy atom. The van der Waals surface area contributed by atoms with Gasteiger partial charge in [0, 0.05) is 17.2 Å². The Morgan fingerprint density at radius 1 is 0.897 bits per heavy atom. The Morgan fingerprint density at radius 3 is 2.00 bits per heavy atom. The Labute approximate surface area is 173 Å². The van der Waals surface area contributed by atoms with Gasteiger partial charge in [-0.3, -0.25) is 4.98 Å². The minimum Gasteiger partial charge on any atom is -0.423 e. The maximum Gasteiger partial charge on any atom is 0.490 e. The third-order valence-corrected chi connectivity index (χ3v) is 6.67. The van der Waals surface area contributed by atoms with Crippen LogP contribution in [0.4, 0.5) is 0 Å². The molecule has 6 heteroatoms. The zero-order valence-electron chi connectivity index (χ0n) is 18.0. The first-order valence-electron chi connectivity index (χ1n) is 10.3. The molecule has 2 aliphatic rings. The smallest absolute Gasteiger partial charge is 0.423 e. The molecular weight excluding hydrogens is 365 g/mol. The first-order valence-corrected chi connectivity index (χ1v) is 10.3. The van der Waals surface area contributed by atoms with E-state index in [2.05, 4.69) is 51.7 Å². The number of hydrogen-bond donors (Lipinski definition) is 2. The molecular formula is C23H30BNO4. The average molecular weight is 395 g/mol. The van der Waals surface area contributed by atoms with Crippen LogP contribution in [0.15, 0.2) is 30.5 Å². The number of pyridine rings is 1. The molecule has 0 radical (unpaired) electrons. The fraction of sp³-hybridized carbons (Fsp3) is 0.522. The normalized spacial score (nSPS) is 21.6. The summed E-state index contributed by atoms with van der Waals surface area (Å²) >= 11 is 0. The predicted molar refractivity (Wildman–Crippen MR) is 113 cm³/mol. The molecule has 0 spiro atoms. The van der Waals surface area contributed by atoms with Crippen LogP contribution in [0.1, 0.15) is 68.5 Å². The number of hydrogen-bond acceptors (Lipinski definition) is 5. The SMILES string of the molecule is Cc1cc2c(cc1C1(c3ccc(B(O)O)cn3)OCCO1)C(C)(C)CCC2(C)C. The van der Waals surface area contributed by atoms with Crippen LogP contribution in [0.2, 0.25) is 0 Å². The second-order valence-corrected chi connectivity index (χ2v) is 9.64. The summed E-state index contributed by atoms with van der Waals surface area (Å²) in [5.74, 6) is -1.07. The van der Waals surface area contributed by atoms with Crippen LogP contribution in [-0.2, 0) is 26.1 Å². The van der Waals surface area contributed by atoms with Crippen molar-refractivity contribution in [3.8, 4) is 0 Å². The van der Waals surface area contributed by atoms with Crippen molar-refractivity contribution in [1.29, 1.82) is 0 Å². The third-order valence-electron chi connectivity index (χ3n) is 6.67. The molecule has 1 aromatic heterocycles. The Balaban J connectivity index is 1.89. The number of aryl methyl sites for hydroxylation is 1. The van der Waals surface area contributed by atoms with Gasteiger partial charge in [-0.15, -0.1) is 0 Å². The lowest BCUT2D eigenvalue weighted by Gasteiger charge is -2.43. The van der Waals surface area contributed by atoms with Gasteiger partial charge in [0.05, 0.1) is 13.2 Å². The lowest BCUT2D eigenvalue weighted by Crippen LogP contribution is -2.37. The summed E-state index contributed by atoms with van der Waals surface area (Å²) in [5.41, 5.74) is 6.00. The predicted octanol–water partition coefficient (Wildman–Crippen LogP) is 2.67. The molecule has 0 saturated carbocycles. The van der Waals surface area contributed by atoms with Gasteiger partial charge in [0.2, 0.25) is 5.79 Å².